The number of nitriles is 1. The molecule has 0 bridgehead atoms. The summed E-state index contributed by atoms with van der Waals surface area (Å²) in [5, 5.41) is 9.27. The van der Waals surface area contributed by atoms with Gasteiger partial charge in [-0.25, -0.2) is 0 Å². The zero-order chi connectivity index (χ0) is 13.1. The molecule has 4 heteroatoms. The van der Waals surface area contributed by atoms with Crippen molar-refractivity contribution in [2.45, 2.75) is 13.0 Å². The van der Waals surface area contributed by atoms with E-state index in [2.05, 4.69) is 29.0 Å². The molecule has 1 aromatic carbocycles. The van der Waals surface area contributed by atoms with Gasteiger partial charge in [0.2, 0.25) is 0 Å². The molecular weight excluding hydrogens is 224 g/mol. The molecule has 0 saturated carbocycles. The Hall–Kier alpha value is -1.57. The first-order chi connectivity index (χ1) is 8.65. The van der Waals surface area contributed by atoms with Crippen molar-refractivity contribution in [2.75, 3.05) is 38.1 Å². The number of benzene rings is 1. The summed E-state index contributed by atoms with van der Waals surface area (Å²) in [6, 6.07) is 8.63. The number of nitrogens with two attached hydrogens (primary N) is 1. The minimum Gasteiger partial charge on any atom is -0.364 e. The maximum absolute atomic E-state index is 9.27. The van der Waals surface area contributed by atoms with Crippen molar-refractivity contribution in [1.29, 1.82) is 5.26 Å². The van der Waals surface area contributed by atoms with Crippen LogP contribution in [0.5, 0.6) is 0 Å². The fourth-order valence-corrected chi connectivity index (χ4v) is 2.52. The highest BCUT2D eigenvalue weighted by Crippen LogP contribution is 2.25. The van der Waals surface area contributed by atoms with E-state index in [0.29, 0.717) is 12.6 Å². The SMILES string of the molecule is Cc1ccc(N2CCN(C)CC2CN)c(C#N)c1. The third kappa shape index (κ3) is 2.47. The second-order valence-electron chi connectivity index (χ2n) is 4.98. The molecule has 0 radical (unpaired) electrons. The predicted molar refractivity (Wildman–Crippen MR) is 73.6 cm³/mol. The normalized spacial score (nSPS) is 20.8. The molecule has 0 aromatic heterocycles. The standard InChI is InChI=1S/C14H20N4/c1-11-3-4-14(12(7-11)8-15)18-6-5-17(2)10-13(18)9-16/h3-4,7,13H,5-6,9-10,16H2,1-2H3. The summed E-state index contributed by atoms with van der Waals surface area (Å²) in [5.74, 6) is 0. The zero-order valence-corrected chi connectivity index (χ0v) is 11.1. The van der Waals surface area contributed by atoms with Crippen LogP contribution in [-0.4, -0.2) is 44.2 Å². The first-order valence-corrected chi connectivity index (χ1v) is 6.31. The number of hydrogen-bond acceptors (Lipinski definition) is 4. The van der Waals surface area contributed by atoms with Crippen LogP contribution in [0, 0.1) is 18.3 Å². The van der Waals surface area contributed by atoms with Gasteiger partial charge in [-0.05, 0) is 31.7 Å². The molecule has 0 amide bonds. The molecule has 1 saturated heterocycles. The zero-order valence-electron chi connectivity index (χ0n) is 11.1. The number of rotatable bonds is 2. The van der Waals surface area contributed by atoms with Gasteiger partial charge in [-0.2, -0.15) is 5.26 Å². The summed E-state index contributed by atoms with van der Waals surface area (Å²) in [5.41, 5.74) is 8.75. The highest BCUT2D eigenvalue weighted by atomic mass is 15.3. The quantitative estimate of drug-likeness (QED) is 0.841. The van der Waals surface area contributed by atoms with Crippen LogP contribution in [0.3, 0.4) is 0 Å². The fraction of sp³-hybridized carbons (Fsp3) is 0.500. The molecule has 1 heterocycles. The average Bonchev–Trinajstić information content (AvgIpc) is 2.38. The van der Waals surface area contributed by atoms with Crippen LogP contribution in [0.2, 0.25) is 0 Å². The van der Waals surface area contributed by atoms with Crippen LogP contribution in [-0.2, 0) is 0 Å². The molecule has 2 N–H and O–H groups in total. The Morgan fingerprint density at radius 3 is 2.89 bits per heavy atom. The molecule has 4 nitrogen and oxygen atoms in total. The van der Waals surface area contributed by atoms with Crippen LogP contribution in [0.1, 0.15) is 11.1 Å². The van der Waals surface area contributed by atoms with Crippen molar-refractivity contribution in [1.82, 2.24) is 4.90 Å². The number of piperazine rings is 1. The summed E-state index contributed by atoms with van der Waals surface area (Å²) < 4.78 is 0. The van der Waals surface area contributed by atoms with Crippen molar-refractivity contribution in [3.63, 3.8) is 0 Å². The summed E-state index contributed by atoms with van der Waals surface area (Å²) in [4.78, 5) is 4.56. The van der Waals surface area contributed by atoms with Crippen molar-refractivity contribution in [3.05, 3.63) is 29.3 Å². The lowest BCUT2D eigenvalue weighted by Gasteiger charge is -2.41. The fourth-order valence-electron chi connectivity index (χ4n) is 2.52. The Morgan fingerprint density at radius 2 is 2.22 bits per heavy atom. The first-order valence-electron chi connectivity index (χ1n) is 6.31. The summed E-state index contributed by atoms with van der Waals surface area (Å²) in [6.07, 6.45) is 0. The number of aryl methyl sites for hydroxylation is 1. The largest absolute Gasteiger partial charge is 0.364 e. The minimum absolute atomic E-state index is 0.290. The van der Waals surface area contributed by atoms with Gasteiger partial charge >= 0.3 is 0 Å². The smallest absolute Gasteiger partial charge is 0.101 e. The van der Waals surface area contributed by atoms with E-state index in [-0.39, 0.29) is 0 Å². The second kappa shape index (κ2) is 5.38. The first kappa shape index (κ1) is 12.9. The van der Waals surface area contributed by atoms with Gasteiger partial charge in [-0.15, -0.1) is 0 Å². The van der Waals surface area contributed by atoms with E-state index in [4.69, 9.17) is 5.73 Å². The minimum atomic E-state index is 0.290. The van der Waals surface area contributed by atoms with Crippen LogP contribution < -0.4 is 10.6 Å². The maximum atomic E-state index is 9.27. The highest BCUT2D eigenvalue weighted by molar-refractivity contribution is 5.61. The van der Waals surface area contributed by atoms with Gasteiger partial charge in [-0.3, -0.25) is 0 Å². The monoisotopic (exact) mass is 244 g/mol. The van der Waals surface area contributed by atoms with Crippen LogP contribution >= 0.6 is 0 Å². The molecule has 1 aromatic rings. The molecule has 1 fully saturated rings. The Bertz CT molecular complexity index is 463. The molecular formula is C14H20N4. The van der Waals surface area contributed by atoms with Crippen molar-refractivity contribution >= 4 is 5.69 Å². The maximum Gasteiger partial charge on any atom is 0.101 e. The lowest BCUT2D eigenvalue weighted by Crippen LogP contribution is -2.55. The summed E-state index contributed by atoms with van der Waals surface area (Å²) >= 11 is 0. The van der Waals surface area contributed by atoms with Crippen LogP contribution in [0.4, 0.5) is 5.69 Å². The Labute approximate surface area is 109 Å². The van der Waals surface area contributed by atoms with Crippen molar-refractivity contribution < 1.29 is 0 Å². The molecule has 0 spiro atoms. The van der Waals surface area contributed by atoms with Crippen molar-refractivity contribution in [2.24, 2.45) is 5.73 Å². The number of nitrogens with zero attached hydrogens (tertiary/aromatic N) is 3. The predicted octanol–water partition coefficient (Wildman–Crippen LogP) is 0.946. The topological polar surface area (TPSA) is 56.3 Å². The average molecular weight is 244 g/mol. The van der Waals surface area contributed by atoms with E-state index in [9.17, 15) is 5.26 Å². The van der Waals surface area contributed by atoms with E-state index in [1.54, 1.807) is 0 Å². The van der Waals surface area contributed by atoms with Gasteiger partial charge in [-0.1, -0.05) is 6.07 Å². The Kier molecular flexibility index (Phi) is 3.85. The van der Waals surface area contributed by atoms with E-state index >= 15 is 0 Å². The lowest BCUT2D eigenvalue weighted by atomic mass is 10.1. The van der Waals surface area contributed by atoms with Gasteiger partial charge in [0.25, 0.3) is 0 Å². The summed E-state index contributed by atoms with van der Waals surface area (Å²) in [6.45, 7) is 5.51. The molecule has 96 valence electrons. The third-order valence-corrected chi connectivity index (χ3v) is 3.54. The van der Waals surface area contributed by atoms with Gasteiger partial charge in [0.05, 0.1) is 17.3 Å². The molecule has 1 aliphatic heterocycles. The Balaban J connectivity index is 2.33. The van der Waals surface area contributed by atoms with Crippen molar-refractivity contribution in [3.8, 4) is 6.07 Å². The molecule has 18 heavy (non-hydrogen) atoms. The lowest BCUT2D eigenvalue weighted by molar-refractivity contribution is 0.269. The van der Waals surface area contributed by atoms with Crippen LogP contribution in [0.15, 0.2) is 18.2 Å². The molecule has 2 rings (SSSR count). The van der Waals surface area contributed by atoms with Gasteiger partial charge in [0, 0.05) is 26.2 Å². The molecule has 1 atom stereocenters. The number of hydrogen-bond donors (Lipinski definition) is 1. The van der Waals surface area contributed by atoms with E-state index in [1.807, 2.05) is 19.1 Å². The summed E-state index contributed by atoms with van der Waals surface area (Å²) in [7, 11) is 2.11. The highest BCUT2D eigenvalue weighted by Gasteiger charge is 2.25. The van der Waals surface area contributed by atoms with E-state index in [0.717, 1.165) is 36.4 Å². The van der Waals surface area contributed by atoms with Gasteiger partial charge < -0.3 is 15.5 Å². The molecule has 0 aliphatic carbocycles. The van der Waals surface area contributed by atoms with E-state index in [1.165, 1.54) is 0 Å². The Morgan fingerprint density at radius 1 is 1.44 bits per heavy atom. The molecule has 1 unspecified atom stereocenters. The number of anilines is 1. The third-order valence-electron chi connectivity index (χ3n) is 3.54. The second-order valence-corrected chi connectivity index (χ2v) is 4.98. The van der Waals surface area contributed by atoms with Crippen LogP contribution in [0.25, 0.3) is 0 Å². The van der Waals surface area contributed by atoms with E-state index < -0.39 is 0 Å². The number of likely N-dealkylation sites (N-methyl/N-ethyl adjacent to an activating group) is 1. The van der Waals surface area contributed by atoms with Gasteiger partial charge in [0.1, 0.15) is 6.07 Å². The van der Waals surface area contributed by atoms with Gasteiger partial charge in [0.15, 0.2) is 0 Å². The molecule has 1 aliphatic rings.